The van der Waals surface area contributed by atoms with Crippen LogP contribution in [-0.2, 0) is 13.2 Å². The van der Waals surface area contributed by atoms with E-state index in [1.807, 2.05) is 6.07 Å². The zero-order valence-corrected chi connectivity index (χ0v) is 13.0. The predicted molar refractivity (Wildman–Crippen MR) is 80.1 cm³/mol. The fraction of sp³-hybridized carbons (Fsp3) is 0.286. The second kappa shape index (κ2) is 7.03. The van der Waals surface area contributed by atoms with Crippen LogP contribution in [0.15, 0.2) is 34.8 Å². The quantitative estimate of drug-likeness (QED) is 0.842. The van der Waals surface area contributed by atoms with E-state index in [1.54, 1.807) is 23.5 Å². The molecule has 19 heavy (non-hydrogen) atoms. The molecular weight excluding hydrogens is 329 g/mol. The Morgan fingerprint density at radius 3 is 2.79 bits per heavy atom. The molecule has 0 aliphatic carbocycles. The maximum atomic E-state index is 13.3. The van der Waals surface area contributed by atoms with Crippen LogP contribution in [0.25, 0.3) is 0 Å². The molecule has 0 aliphatic rings. The molecule has 2 aromatic rings. The highest BCUT2D eigenvalue weighted by molar-refractivity contribution is 9.10. The van der Waals surface area contributed by atoms with Gasteiger partial charge in [0.05, 0.1) is 4.47 Å². The summed E-state index contributed by atoms with van der Waals surface area (Å²) >= 11 is 4.83. The van der Waals surface area contributed by atoms with E-state index in [4.69, 9.17) is 4.74 Å². The van der Waals surface area contributed by atoms with Crippen LogP contribution in [0.3, 0.4) is 0 Å². The SMILES string of the molecule is CCNCc1ccc(COc2ccc(Br)c(F)c2)s1. The molecule has 0 unspecified atom stereocenters. The molecule has 0 aliphatic heterocycles. The highest BCUT2D eigenvalue weighted by Gasteiger charge is 2.04. The largest absolute Gasteiger partial charge is 0.488 e. The Labute approximate surface area is 124 Å². The molecule has 5 heteroatoms. The minimum Gasteiger partial charge on any atom is -0.488 e. The van der Waals surface area contributed by atoms with E-state index in [-0.39, 0.29) is 5.82 Å². The number of nitrogens with one attached hydrogen (secondary N) is 1. The van der Waals surface area contributed by atoms with E-state index in [9.17, 15) is 4.39 Å². The zero-order chi connectivity index (χ0) is 13.7. The smallest absolute Gasteiger partial charge is 0.141 e. The topological polar surface area (TPSA) is 21.3 Å². The first-order chi connectivity index (χ1) is 9.19. The van der Waals surface area contributed by atoms with Crippen LogP contribution in [0.5, 0.6) is 5.75 Å². The van der Waals surface area contributed by atoms with Gasteiger partial charge in [-0.15, -0.1) is 11.3 Å². The lowest BCUT2D eigenvalue weighted by Crippen LogP contribution is -2.10. The second-order valence-electron chi connectivity index (χ2n) is 4.01. The Kier molecular flexibility index (Phi) is 5.36. The summed E-state index contributed by atoms with van der Waals surface area (Å²) in [6, 6.07) is 8.92. The average Bonchev–Trinajstić information content (AvgIpc) is 2.86. The molecule has 0 saturated heterocycles. The van der Waals surface area contributed by atoms with Crippen molar-refractivity contribution in [3.8, 4) is 5.75 Å². The fourth-order valence-corrected chi connectivity index (χ4v) is 2.71. The van der Waals surface area contributed by atoms with E-state index < -0.39 is 0 Å². The van der Waals surface area contributed by atoms with Crippen molar-refractivity contribution >= 4 is 27.3 Å². The standard InChI is InChI=1S/C14H15BrFNOS/c1-2-17-8-11-4-5-12(19-11)9-18-10-3-6-13(15)14(16)7-10/h3-7,17H,2,8-9H2,1H3. The van der Waals surface area contributed by atoms with Gasteiger partial charge in [0, 0.05) is 22.4 Å². The molecule has 1 aromatic heterocycles. The van der Waals surface area contributed by atoms with Crippen molar-refractivity contribution in [2.45, 2.75) is 20.1 Å². The summed E-state index contributed by atoms with van der Waals surface area (Å²) in [6.07, 6.45) is 0. The summed E-state index contributed by atoms with van der Waals surface area (Å²) in [5, 5.41) is 3.28. The van der Waals surface area contributed by atoms with Crippen LogP contribution in [0, 0.1) is 5.82 Å². The Hall–Kier alpha value is -0.910. The molecule has 0 atom stereocenters. The molecule has 102 valence electrons. The summed E-state index contributed by atoms with van der Waals surface area (Å²) in [4.78, 5) is 2.42. The minimum absolute atomic E-state index is 0.309. The number of hydrogen-bond donors (Lipinski definition) is 1. The second-order valence-corrected chi connectivity index (χ2v) is 6.12. The van der Waals surface area contributed by atoms with Crippen LogP contribution >= 0.6 is 27.3 Å². The van der Waals surface area contributed by atoms with Crippen molar-refractivity contribution in [1.29, 1.82) is 0 Å². The van der Waals surface area contributed by atoms with Crippen molar-refractivity contribution in [2.75, 3.05) is 6.54 Å². The van der Waals surface area contributed by atoms with E-state index in [1.165, 1.54) is 10.9 Å². The Morgan fingerprint density at radius 1 is 1.26 bits per heavy atom. The molecule has 2 rings (SSSR count). The van der Waals surface area contributed by atoms with Crippen LogP contribution in [0.1, 0.15) is 16.7 Å². The number of hydrogen-bond acceptors (Lipinski definition) is 3. The highest BCUT2D eigenvalue weighted by Crippen LogP contribution is 2.23. The van der Waals surface area contributed by atoms with Crippen molar-refractivity contribution < 1.29 is 9.13 Å². The molecule has 0 spiro atoms. The Morgan fingerprint density at radius 2 is 2.05 bits per heavy atom. The maximum absolute atomic E-state index is 13.3. The first-order valence-corrected chi connectivity index (χ1v) is 7.66. The minimum atomic E-state index is -0.309. The van der Waals surface area contributed by atoms with Crippen molar-refractivity contribution in [1.82, 2.24) is 5.32 Å². The maximum Gasteiger partial charge on any atom is 0.141 e. The van der Waals surface area contributed by atoms with Crippen LogP contribution < -0.4 is 10.1 Å². The monoisotopic (exact) mass is 343 g/mol. The first-order valence-electron chi connectivity index (χ1n) is 6.05. The van der Waals surface area contributed by atoms with Gasteiger partial charge in [-0.2, -0.15) is 0 Å². The third kappa shape index (κ3) is 4.30. The van der Waals surface area contributed by atoms with Gasteiger partial charge in [0.25, 0.3) is 0 Å². The number of thiophene rings is 1. The van der Waals surface area contributed by atoms with Crippen LogP contribution in [-0.4, -0.2) is 6.54 Å². The number of halogens is 2. The van der Waals surface area contributed by atoms with Crippen molar-refractivity contribution in [3.63, 3.8) is 0 Å². The Balaban J connectivity index is 1.91. The molecule has 0 fully saturated rings. The third-order valence-electron chi connectivity index (χ3n) is 2.54. The van der Waals surface area contributed by atoms with Gasteiger partial charge in [-0.3, -0.25) is 0 Å². The lowest BCUT2D eigenvalue weighted by atomic mass is 10.3. The summed E-state index contributed by atoms with van der Waals surface area (Å²) in [5.74, 6) is 0.235. The van der Waals surface area contributed by atoms with Crippen molar-refractivity contribution in [2.24, 2.45) is 0 Å². The average molecular weight is 344 g/mol. The van der Waals surface area contributed by atoms with Gasteiger partial charge in [0.15, 0.2) is 0 Å². The summed E-state index contributed by atoms with van der Waals surface area (Å²) in [5.41, 5.74) is 0. The van der Waals surface area contributed by atoms with Gasteiger partial charge >= 0.3 is 0 Å². The third-order valence-corrected chi connectivity index (χ3v) is 4.24. The Bertz CT molecular complexity index is 544. The number of rotatable bonds is 6. The van der Waals surface area contributed by atoms with Crippen molar-refractivity contribution in [3.05, 3.63) is 50.4 Å². The number of benzene rings is 1. The van der Waals surface area contributed by atoms with Gasteiger partial charge in [0.1, 0.15) is 18.2 Å². The first kappa shape index (κ1) is 14.5. The van der Waals surface area contributed by atoms with Gasteiger partial charge in [-0.1, -0.05) is 6.92 Å². The molecule has 0 amide bonds. The van der Waals surface area contributed by atoms with Gasteiger partial charge < -0.3 is 10.1 Å². The lowest BCUT2D eigenvalue weighted by Gasteiger charge is -2.05. The molecule has 0 saturated carbocycles. The van der Waals surface area contributed by atoms with Gasteiger partial charge in [0.2, 0.25) is 0 Å². The lowest BCUT2D eigenvalue weighted by molar-refractivity contribution is 0.308. The summed E-state index contributed by atoms with van der Waals surface area (Å²) in [7, 11) is 0. The van der Waals surface area contributed by atoms with Gasteiger partial charge in [-0.25, -0.2) is 4.39 Å². The molecule has 0 radical (unpaired) electrons. The molecule has 2 nitrogen and oxygen atoms in total. The molecule has 1 heterocycles. The molecular formula is C14H15BrFNOS. The number of ether oxygens (including phenoxy) is 1. The summed E-state index contributed by atoms with van der Waals surface area (Å²) in [6.45, 7) is 4.40. The van der Waals surface area contributed by atoms with E-state index in [0.717, 1.165) is 18.0 Å². The molecule has 0 bridgehead atoms. The predicted octanol–water partition coefficient (Wildman–Crippen LogP) is 4.34. The highest BCUT2D eigenvalue weighted by atomic mass is 79.9. The van der Waals surface area contributed by atoms with Crippen LogP contribution in [0.4, 0.5) is 4.39 Å². The van der Waals surface area contributed by atoms with Crippen LogP contribution in [0.2, 0.25) is 0 Å². The van der Waals surface area contributed by atoms with Gasteiger partial charge in [-0.05, 0) is 46.7 Å². The fourth-order valence-electron chi connectivity index (χ4n) is 1.56. The normalized spacial score (nSPS) is 10.7. The molecule has 1 N–H and O–H groups in total. The molecule has 1 aromatic carbocycles. The van der Waals surface area contributed by atoms with E-state index >= 15 is 0 Å². The van der Waals surface area contributed by atoms with E-state index in [2.05, 4.69) is 34.2 Å². The summed E-state index contributed by atoms with van der Waals surface area (Å²) < 4.78 is 19.3. The zero-order valence-electron chi connectivity index (χ0n) is 10.6. The van der Waals surface area contributed by atoms with E-state index in [0.29, 0.717) is 16.8 Å².